The van der Waals surface area contributed by atoms with E-state index >= 15 is 0 Å². The normalized spacial score (nSPS) is 40.5. The van der Waals surface area contributed by atoms with Gasteiger partial charge in [-0.1, -0.05) is 0 Å². The van der Waals surface area contributed by atoms with Gasteiger partial charge in [0.25, 0.3) is 10.1 Å². The molecule has 4 aliphatic rings. The van der Waals surface area contributed by atoms with E-state index in [0.717, 1.165) is 25.7 Å². The van der Waals surface area contributed by atoms with Crippen LogP contribution in [0.2, 0.25) is 0 Å². The molecule has 0 aromatic heterocycles. The van der Waals surface area contributed by atoms with Gasteiger partial charge in [-0.15, -0.1) is 0 Å². The van der Waals surface area contributed by atoms with Crippen LogP contribution in [0.25, 0.3) is 0 Å². The third kappa shape index (κ3) is 3.37. The van der Waals surface area contributed by atoms with Crippen LogP contribution in [-0.4, -0.2) is 37.1 Å². The van der Waals surface area contributed by atoms with Gasteiger partial charge in [0.15, 0.2) is 6.10 Å². The molecule has 4 nitrogen and oxygen atoms in total. The summed E-state index contributed by atoms with van der Waals surface area (Å²) in [7, 11) is -4.73. The second kappa shape index (κ2) is 5.09. The van der Waals surface area contributed by atoms with E-state index in [-0.39, 0.29) is 11.8 Å². The van der Waals surface area contributed by atoms with E-state index in [1.807, 2.05) is 0 Å². The molecule has 8 heteroatoms. The molecule has 0 amide bonds. The van der Waals surface area contributed by atoms with Crippen molar-refractivity contribution in [2.24, 2.45) is 23.7 Å². The molecule has 0 aromatic carbocycles. The molecule has 0 aromatic rings. The van der Waals surface area contributed by atoms with Crippen molar-refractivity contribution in [2.75, 3.05) is 5.75 Å². The molecular formula is C13H19F3O4S. The zero-order chi connectivity index (χ0) is 15.4. The first-order valence-corrected chi connectivity index (χ1v) is 8.90. The van der Waals surface area contributed by atoms with E-state index in [1.165, 1.54) is 6.42 Å². The highest BCUT2D eigenvalue weighted by atomic mass is 32.2. The molecule has 0 spiro atoms. The lowest BCUT2D eigenvalue weighted by Crippen LogP contribution is -2.53. The molecule has 0 heterocycles. The zero-order valence-electron chi connectivity index (χ0n) is 11.4. The van der Waals surface area contributed by atoms with Crippen LogP contribution in [0.1, 0.15) is 32.1 Å². The Bertz CT molecular complexity index is 474. The van der Waals surface area contributed by atoms with E-state index in [4.69, 9.17) is 9.29 Å². The maximum absolute atomic E-state index is 13.0. The average Bonchev–Trinajstić information content (AvgIpc) is 2.28. The van der Waals surface area contributed by atoms with Crippen LogP contribution in [-0.2, 0) is 14.9 Å². The van der Waals surface area contributed by atoms with Crippen molar-refractivity contribution in [3.05, 3.63) is 0 Å². The van der Waals surface area contributed by atoms with Gasteiger partial charge in [0.05, 0.1) is 6.10 Å². The van der Waals surface area contributed by atoms with Gasteiger partial charge in [0.2, 0.25) is 0 Å². The van der Waals surface area contributed by atoms with Crippen molar-refractivity contribution < 1.29 is 30.9 Å². The molecule has 0 saturated heterocycles. The van der Waals surface area contributed by atoms with Crippen LogP contribution in [0.5, 0.6) is 0 Å². The molecule has 1 N–H and O–H groups in total. The summed E-state index contributed by atoms with van der Waals surface area (Å²) >= 11 is 0. The fraction of sp³-hybridized carbons (Fsp3) is 1.00. The number of halogens is 3. The summed E-state index contributed by atoms with van der Waals surface area (Å²) in [5.74, 6) is -0.0178. The lowest BCUT2D eigenvalue weighted by atomic mass is 9.55. The quantitative estimate of drug-likeness (QED) is 0.806. The summed E-state index contributed by atoms with van der Waals surface area (Å²) < 4.78 is 74.5. The Morgan fingerprint density at radius 1 is 1.05 bits per heavy atom. The van der Waals surface area contributed by atoms with Gasteiger partial charge >= 0.3 is 6.18 Å². The molecule has 0 aliphatic heterocycles. The van der Waals surface area contributed by atoms with Gasteiger partial charge in [-0.25, -0.2) is 0 Å². The monoisotopic (exact) mass is 328 g/mol. The Balaban J connectivity index is 1.74. The molecule has 4 saturated carbocycles. The predicted molar refractivity (Wildman–Crippen MR) is 68.2 cm³/mol. The number of hydrogen-bond donors (Lipinski definition) is 1. The molecule has 21 heavy (non-hydrogen) atoms. The lowest BCUT2D eigenvalue weighted by molar-refractivity contribution is -0.251. The highest BCUT2D eigenvalue weighted by Crippen LogP contribution is 2.55. The first-order valence-electron chi connectivity index (χ1n) is 7.29. The van der Waals surface area contributed by atoms with Gasteiger partial charge in [-0.05, 0) is 55.8 Å². The van der Waals surface area contributed by atoms with Gasteiger partial charge in [0.1, 0.15) is 5.75 Å². The molecule has 122 valence electrons. The Hall–Kier alpha value is -0.340. The van der Waals surface area contributed by atoms with E-state index in [9.17, 15) is 21.6 Å². The number of ether oxygens (including phenoxy) is 1. The van der Waals surface area contributed by atoms with Crippen LogP contribution in [0.3, 0.4) is 0 Å². The van der Waals surface area contributed by atoms with Crippen molar-refractivity contribution in [3.63, 3.8) is 0 Å². The fourth-order valence-electron chi connectivity index (χ4n) is 4.69. The summed E-state index contributed by atoms with van der Waals surface area (Å²) in [5.41, 5.74) is 0. The van der Waals surface area contributed by atoms with E-state index < -0.39 is 34.3 Å². The minimum atomic E-state index is -4.79. The summed E-state index contributed by atoms with van der Waals surface area (Å²) in [6.07, 6.45) is -3.04. The minimum absolute atomic E-state index is 0.104. The molecule has 1 atom stereocenters. The molecule has 0 radical (unpaired) electrons. The second-order valence-corrected chi connectivity index (χ2v) is 8.31. The molecule has 4 aliphatic carbocycles. The highest BCUT2D eigenvalue weighted by Gasteiger charge is 2.52. The van der Waals surface area contributed by atoms with Gasteiger partial charge in [-0.2, -0.15) is 21.6 Å². The van der Waals surface area contributed by atoms with Crippen molar-refractivity contribution >= 4 is 10.1 Å². The van der Waals surface area contributed by atoms with Crippen molar-refractivity contribution in [1.82, 2.24) is 0 Å². The van der Waals surface area contributed by atoms with Crippen LogP contribution in [0.15, 0.2) is 0 Å². The van der Waals surface area contributed by atoms with Crippen LogP contribution >= 0.6 is 0 Å². The third-order valence-corrected chi connectivity index (χ3v) is 5.91. The van der Waals surface area contributed by atoms with Crippen LogP contribution in [0.4, 0.5) is 13.2 Å². The Morgan fingerprint density at radius 2 is 1.52 bits per heavy atom. The smallest absolute Gasteiger partial charge is 0.364 e. The fourth-order valence-corrected chi connectivity index (χ4v) is 5.34. The summed E-state index contributed by atoms with van der Waals surface area (Å²) in [6.45, 7) is 0. The largest absolute Gasteiger partial charge is 0.415 e. The topological polar surface area (TPSA) is 63.6 Å². The molecule has 4 fully saturated rings. The summed E-state index contributed by atoms with van der Waals surface area (Å²) in [4.78, 5) is 0. The summed E-state index contributed by atoms with van der Waals surface area (Å²) in [6, 6.07) is 0. The first kappa shape index (κ1) is 15.6. The van der Waals surface area contributed by atoms with Crippen LogP contribution in [0, 0.1) is 23.7 Å². The predicted octanol–water partition coefficient (Wildman–Crippen LogP) is 2.65. The van der Waals surface area contributed by atoms with Gasteiger partial charge in [-0.3, -0.25) is 4.55 Å². The van der Waals surface area contributed by atoms with Crippen LogP contribution < -0.4 is 0 Å². The van der Waals surface area contributed by atoms with E-state index in [0.29, 0.717) is 11.8 Å². The SMILES string of the molecule is O=S(=O)(O)CC(OC1C2CC3CC(C2)CC1C3)C(F)(F)F. The third-order valence-electron chi connectivity index (χ3n) is 5.19. The molecule has 4 rings (SSSR count). The Morgan fingerprint density at radius 3 is 1.90 bits per heavy atom. The van der Waals surface area contributed by atoms with E-state index in [1.54, 1.807) is 0 Å². The number of hydrogen-bond acceptors (Lipinski definition) is 3. The molecule has 1 unspecified atom stereocenters. The summed E-state index contributed by atoms with van der Waals surface area (Å²) in [5, 5.41) is 0. The standard InChI is InChI=1S/C13H19F3O4S/c14-13(15,16)11(6-21(17,18)19)20-12-9-2-7-1-8(4-9)5-10(12)3-7/h7-12H,1-6H2,(H,17,18,19). The van der Waals surface area contributed by atoms with Gasteiger partial charge < -0.3 is 4.74 Å². The lowest BCUT2D eigenvalue weighted by Gasteiger charge is -2.54. The van der Waals surface area contributed by atoms with Gasteiger partial charge in [0, 0.05) is 0 Å². The zero-order valence-corrected chi connectivity index (χ0v) is 12.2. The second-order valence-electron chi connectivity index (χ2n) is 6.81. The average molecular weight is 328 g/mol. The van der Waals surface area contributed by atoms with Crippen molar-refractivity contribution in [2.45, 2.75) is 50.5 Å². The maximum Gasteiger partial charge on any atom is 0.415 e. The van der Waals surface area contributed by atoms with Crippen molar-refractivity contribution in [3.8, 4) is 0 Å². The Labute approximate surface area is 121 Å². The first-order chi connectivity index (χ1) is 9.62. The molecule has 4 bridgehead atoms. The maximum atomic E-state index is 13.0. The molecular weight excluding hydrogens is 309 g/mol. The highest BCUT2D eigenvalue weighted by molar-refractivity contribution is 7.85. The van der Waals surface area contributed by atoms with E-state index in [2.05, 4.69) is 0 Å². The number of alkyl halides is 3. The number of rotatable bonds is 4. The minimum Gasteiger partial charge on any atom is -0.364 e. The Kier molecular flexibility index (Phi) is 3.77. The van der Waals surface area contributed by atoms with Crippen molar-refractivity contribution in [1.29, 1.82) is 0 Å².